The Bertz CT molecular complexity index is 560. The van der Waals surface area contributed by atoms with Gasteiger partial charge in [-0.3, -0.25) is 9.69 Å². The molecule has 0 radical (unpaired) electrons. The fourth-order valence-electron chi connectivity index (χ4n) is 2.38. The maximum absolute atomic E-state index is 11.3. The first-order valence-electron chi connectivity index (χ1n) is 8.93. The predicted octanol–water partition coefficient (Wildman–Crippen LogP) is 0.552. The molecular weight excluding hydrogens is 354 g/mol. The molecular formula is C17H29N5O3S. The number of carbonyl (C=O) groups excluding carboxylic acids is 1. The van der Waals surface area contributed by atoms with E-state index < -0.39 is 0 Å². The van der Waals surface area contributed by atoms with Crippen molar-refractivity contribution in [3.8, 4) is 0 Å². The van der Waals surface area contributed by atoms with Crippen molar-refractivity contribution in [2.45, 2.75) is 20.0 Å². The second-order valence-electron chi connectivity index (χ2n) is 6.12. The molecule has 1 amide bonds. The topological polar surface area (TPSA) is 81.5 Å². The highest BCUT2D eigenvalue weighted by Gasteiger charge is 2.12. The van der Waals surface area contributed by atoms with E-state index >= 15 is 0 Å². The van der Waals surface area contributed by atoms with E-state index in [4.69, 9.17) is 9.47 Å². The number of nitrogens with one attached hydrogen (secondary N) is 1. The van der Waals surface area contributed by atoms with Crippen LogP contribution in [0, 0.1) is 0 Å². The van der Waals surface area contributed by atoms with Crippen LogP contribution in [0.4, 0.5) is 0 Å². The third-order valence-electron chi connectivity index (χ3n) is 3.83. The molecule has 146 valence electrons. The molecule has 1 fully saturated rings. The van der Waals surface area contributed by atoms with Gasteiger partial charge in [-0.1, -0.05) is 11.8 Å². The molecule has 2 heterocycles. The molecule has 1 aliphatic heterocycles. The van der Waals surface area contributed by atoms with Gasteiger partial charge in [0, 0.05) is 49.5 Å². The van der Waals surface area contributed by atoms with Crippen molar-refractivity contribution in [1.29, 1.82) is 0 Å². The molecule has 0 saturated carbocycles. The lowest BCUT2D eigenvalue weighted by molar-refractivity contribution is -0.117. The van der Waals surface area contributed by atoms with Gasteiger partial charge in [-0.25, -0.2) is 4.68 Å². The maximum atomic E-state index is 11.3. The summed E-state index contributed by atoms with van der Waals surface area (Å²) in [7, 11) is 0. The quantitative estimate of drug-likeness (QED) is 0.417. The number of hydrogen-bond donors (Lipinski definition) is 1. The molecule has 8 nitrogen and oxygen atoms in total. The minimum atomic E-state index is -0.142. The number of nitrogens with zero attached hydrogens (tertiary/aromatic N) is 4. The van der Waals surface area contributed by atoms with Crippen LogP contribution in [0.15, 0.2) is 18.3 Å². The number of amides is 1. The van der Waals surface area contributed by atoms with Gasteiger partial charge in [0.1, 0.15) is 0 Å². The van der Waals surface area contributed by atoms with E-state index in [-0.39, 0.29) is 5.91 Å². The van der Waals surface area contributed by atoms with Gasteiger partial charge in [0.2, 0.25) is 5.91 Å². The zero-order chi connectivity index (χ0) is 18.6. The van der Waals surface area contributed by atoms with Crippen molar-refractivity contribution in [1.82, 2.24) is 25.2 Å². The first-order chi connectivity index (χ1) is 12.6. The summed E-state index contributed by atoms with van der Waals surface area (Å²) in [4.78, 5) is 13.7. The Hall–Kier alpha value is -1.42. The van der Waals surface area contributed by atoms with Crippen LogP contribution in [0.1, 0.15) is 12.6 Å². The molecule has 0 bridgehead atoms. The molecule has 1 aromatic heterocycles. The van der Waals surface area contributed by atoms with E-state index in [1.807, 2.05) is 22.6 Å². The molecule has 1 aromatic rings. The second kappa shape index (κ2) is 12.1. The molecule has 26 heavy (non-hydrogen) atoms. The van der Waals surface area contributed by atoms with Crippen LogP contribution in [-0.2, 0) is 27.4 Å². The highest BCUT2D eigenvalue weighted by molar-refractivity contribution is 7.99. The maximum Gasteiger partial charge on any atom is 0.246 e. The normalized spacial score (nSPS) is 15.1. The summed E-state index contributed by atoms with van der Waals surface area (Å²) in [5.41, 5.74) is 1.51. The molecule has 0 aromatic carbocycles. The molecule has 1 aliphatic rings. The fourth-order valence-corrected chi connectivity index (χ4v) is 3.36. The van der Waals surface area contributed by atoms with Gasteiger partial charge < -0.3 is 14.8 Å². The van der Waals surface area contributed by atoms with Crippen molar-refractivity contribution < 1.29 is 14.3 Å². The molecule has 0 atom stereocenters. The lowest BCUT2D eigenvalue weighted by Crippen LogP contribution is -2.32. The SMILES string of the molecule is C=C(C)C(=O)NCCOCCOCCn1cc(CN2CCSCC2)nn1. The van der Waals surface area contributed by atoms with Gasteiger partial charge >= 0.3 is 0 Å². The lowest BCUT2D eigenvalue weighted by atomic mass is 10.3. The number of hydrogen-bond acceptors (Lipinski definition) is 7. The van der Waals surface area contributed by atoms with Crippen LogP contribution in [0.25, 0.3) is 0 Å². The molecule has 9 heteroatoms. The fraction of sp³-hybridized carbons (Fsp3) is 0.706. The summed E-state index contributed by atoms with van der Waals surface area (Å²) in [6.07, 6.45) is 1.99. The van der Waals surface area contributed by atoms with Gasteiger partial charge in [0.15, 0.2) is 0 Å². The first kappa shape index (κ1) is 20.9. The highest BCUT2D eigenvalue weighted by atomic mass is 32.2. The number of aromatic nitrogens is 3. The van der Waals surface area contributed by atoms with Gasteiger partial charge in [-0.15, -0.1) is 5.10 Å². The van der Waals surface area contributed by atoms with Crippen LogP contribution < -0.4 is 5.32 Å². The van der Waals surface area contributed by atoms with E-state index in [1.54, 1.807) is 6.92 Å². The van der Waals surface area contributed by atoms with Crippen LogP contribution in [0.2, 0.25) is 0 Å². The summed E-state index contributed by atoms with van der Waals surface area (Å²) in [5.74, 6) is 2.26. The lowest BCUT2D eigenvalue weighted by Gasteiger charge is -2.24. The van der Waals surface area contributed by atoms with E-state index in [0.29, 0.717) is 45.1 Å². The second-order valence-corrected chi connectivity index (χ2v) is 7.35. The van der Waals surface area contributed by atoms with E-state index in [9.17, 15) is 4.79 Å². The smallest absolute Gasteiger partial charge is 0.246 e. The summed E-state index contributed by atoms with van der Waals surface area (Å²) < 4.78 is 12.7. The Labute approximate surface area is 159 Å². The Morgan fingerprint density at radius 3 is 2.73 bits per heavy atom. The molecule has 1 saturated heterocycles. The van der Waals surface area contributed by atoms with Gasteiger partial charge in [0.05, 0.1) is 38.7 Å². The molecule has 1 N–H and O–H groups in total. The Kier molecular flexibility index (Phi) is 9.68. The molecule has 0 aliphatic carbocycles. The van der Waals surface area contributed by atoms with Crippen molar-refractivity contribution in [3.05, 3.63) is 24.0 Å². The third kappa shape index (κ3) is 8.31. The highest BCUT2D eigenvalue weighted by Crippen LogP contribution is 2.11. The Morgan fingerprint density at radius 2 is 2.00 bits per heavy atom. The summed E-state index contributed by atoms with van der Waals surface area (Å²) in [6, 6.07) is 0. The molecule has 0 spiro atoms. The van der Waals surface area contributed by atoms with Gasteiger partial charge in [0.25, 0.3) is 0 Å². The van der Waals surface area contributed by atoms with Crippen molar-refractivity contribution in [3.63, 3.8) is 0 Å². The van der Waals surface area contributed by atoms with Crippen LogP contribution in [0.3, 0.4) is 0 Å². The third-order valence-corrected chi connectivity index (χ3v) is 4.77. The number of ether oxygens (including phenoxy) is 2. The standard InChI is InChI=1S/C17H29N5O3S/c1-15(2)17(23)18-3-7-24-9-10-25-8-4-22-14-16(19-20-22)13-21-5-11-26-12-6-21/h14H,1,3-13H2,2H3,(H,18,23). The zero-order valence-corrected chi connectivity index (χ0v) is 16.3. The first-order valence-corrected chi connectivity index (χ1v) is 10.1. The number of thioether (sulfide) groups is 1. The minimum absolute atomic E-state index is 0.142. The van der Waals surface area contributed by atoms with E-state index in [1.165, 1.54) is 11.5 Å². The molecule has 2 rings (SSSR count). The summed E-state index contributed by atoms with van der Waals surface area (Å²) in [6.45, 7) is 11.6. The largest absolute Gasteiger partial charge is 0.377 e. The van der Waals surface area contributed by atoms with Gasteiger partial charge in [-0.2, -0.15) is 11.8 Å². The van der Waals surface area contributed by atoms with Crippen molar-refractivity contribution >= 4 is 17.7 Å². The minimum Gasteiger partial charge on any atom is -0.377 e. The number of carbonyl (C=O) groups is 1. The van der Waals surface area contributed by atoms with E-state index in [2.05, 4.69) is 27.1 Å². The van der Waals surface area contributed by atoms with Crippen molar-refractivity contribution in [2.75, 3.05) is 57.6 Å². The number of rotatable bonds is 12. The zero-order valence-electron chi connectivity index (χ0n) is 15.5. The average molecular weight is 384 g/mol. The monoisotopic (exact) mass is 383 g/mol. The average Bonchev–Trinajstić information content (AvgIpc) is 3.08. The summed E-state index contributed by atoms with van der Waals surface area (Å²) in [5, 5.41) is 11.1. The predicted molar refractivity (Wildman–Crippen MR) is 102 cm³/mol. The van der Waals surface area contributed by atoms with Crippen LogP contribution in [0.5, 0.6) is 0 Å². The Morgan fingerprint density at radius 1 is 1.27 bits per heavy atom. The van der Waals surface area contributed by atoms with E-state index in [0.717, 1.165) is 25.3 Å². The summed E-state index contributed by atoms with van der Waals surface area (Å²) >= 11 is 2.01. The Balaban J connectivity index is 1.46. The van der Waals surface area contributed by atoms with Crippen LogP contribution in [-0.4, -0.2) is 83.4 Å². The molecule has 0 unspecified atom stereocenters. The van der Waals surface area contributed by atoms with Crippen LogP contribution >= 0.6 is 11.8 Å². The van der Waals surface area contributed by atoms with Gasteiger partial charge in [-0.05, 0) is 6.92 Å². The van der Waals surface area contributed by atoms with Crippen molar-refractivity contribution in [2.24, 2.45) is 0 Å².